The lowest BCUT2D eigenvalue weighted by Crippen LogP contribution is -2.29. The summed E-state index contributed by atoms with van der Waals surface area (Å²) in [4.78, 5) is 35.8. The standard InChI is InChI=1S/C17H13ClN2O5/c1-9(15(21)19-12-5-3-2-4-11(12)18)20-13-8-10(16(22)23)6-7-14(13)25-17(20)24/h2-9H,1H3,(H,19,21)(H,22,23). The lowest BCUT2D eigenvalue weighted by Gasteiger charge is -2.14. The first-order chi connectivity index (χ1) is 11.9. The van der Waals surface area contributed by atoms with E-state index in [1.165, 1.54) is 25.1 Å². The predicted octanol–water partition coefficient (Wildman–Crippen LogP) is 3.15. The van der Waals surface area contributed by atoms with Crippen LogP contribution in [0.5, 0.6) is 0 Å². The zero-order valence-electron chi connectivity index (χ0n) is 13.0. The van der Waals surface area contributed by atoms with Gasteiger partial charge in [-0.25, -0.2) is 9.59 Å². The predicted molar refractivity (Wildman–Crippen MR) is 92.2 cm³/mol. The number of carbonyl (C=O) groups is 2. The van der Waals surface area contributed by atoms with Gasteiger partial charge in [-0.1, -0.05) is 23.7 Å². The maximum atomic E-state index is 12.5. The summed E-state index contributed by atoms with van der Waals surface area (Å²) in [6.45, 7) is 1.51. The van der Waals surface area contributed by atoms with Gasteiger partial charge in [0.15, 0.2) is 5.58 Å². The SMILES string of the molecule is CC(C(=O)Nc1ccccc1Cl)n1c(=O)oc2ccc(C(=O)O)cc21. The van der Waals surface area contributed by atoms with Gasteiger partial charge >= 0.3 is 11.7 Å². The summed E-state index contributed by atoms with van der Waals surface area (Å²) in [5, 5.41) is 12.1. The molecule has 1 atom stereocenters. The third-order valence-electron chi connectivity index (χ3n) is 3.76. The van der Waals surface area contributed by atoms with Gasteiger partial charge in [-0.15, -0.1) is 0 Å². The number of aromatic carboxylic acids is 1. The summed E-state index contributed by atoms with van der Waals surface area (Å²) in [6, 6.07) is 9.76. The normalized spacial score (nSPS) is 12.1. The van der Waals surface area contributed by atoms with Crippen LogP contribution in [-0.4, -0.2) is 21.6 Å². The molecule has 0 aliphatic rings. The fraction of sp³-hybridized carbons (Fsp3) is 0.118. The lowest BCUT2D eigenvalue weighted by molar-refractivity contribution is -0.118. The van der Waals surface area contributed by atoms with Crippen molar-refractivity contribution in [1.82, 2.24) is 4.57 Å². The Morgan fingerprint density at radius 2 is 1.96 bits per heavy atom. The quantitative estimate of drug-likeness (QED) is 0.744. The Labute approximate surface area is 146 Å². The number of oxazole rings is 1. The van der Waals surface area contributed by atoms with E-state index in [9.17, 15) is 14.4 Å². The van der Waals surface area contributed by atoms with Crippen molar-refractivity contribution in [2.45, 2.75) is 13.0 Å². The molecule has 8 heteroatoms. The fourth-order valence-electron chi connectivity index (χ4n) is 2.45. The van der Waals surface area contributed by atoms with Crippen LogP contribution in [0.2, 0.25) is 5.02 Å². The molecule has 3 rings (SSSR count). The molecule has 0 radical (unpaired) electrons. The van der Waals surface area contributed by atoms with Crippen LogP contribution in [0.25, 0.3) is 11.1 Å². The minimum atomic E-state index is -1.14. The van der Waals surface area contributed by atoms with E-state index < -0.39 is 23.7 Å². The molecular formula is C17H13ClN2O5. The smallest absolute Gasteiger partial charge is 0.420 e. The minimum Gasteiger partial charge on any atom is -0.478 e. The zero-order chi connectivity index (χ0) is 18.1. The summed E-state index contributed by atoms with van der Waals surface area (Å²) in [6.07, 6.45) is 0. The number of amides is 1. The van der Waals surface area contributed by atoms with Gasteiger partial charge in [-0.05, 0) is 37.3 Å². The summed E-state index contributed by atoms with van der Waals surface area (Å²) < 4.78 is 6.19. The van der Waals surface area contributed by atoms with Crippen LogP contribution in [0.3, 0.4) is 0 Å². The van der Waals surface area contributed by atoms with Crippen LogP contribution in [0.1, 0.15) is 23.3 Å². The molecule has 0 fully saturated rings. The molecule has 1 heterocycles. The first kappa shape index (κ1) is 16.8. The van der Waals surface area contributed by atoms with Crippen molar-refractivity contribution in [3.63, 3.8) is 0 Å². The lowest BCUT2D eigenvalue weighted by atomic mass is 10.2. The molecule has 1 amide bonds. The van der Waals surface area contributed by atoms with Crippen LogP contribution in [0.4, 0.5) is 5.69 Å². The summed E-state index contributed by atoms with van der Waals surface area (Å²) in [5.74, 6) is -2.38. The molecule has 0 aliphatic heterocycles. The number of nitrogens with zero attached hydrogens (tertiary/aromatic N) is 1. The van der Waals surface area contributed by atoms with Crippen molar-refractivity contribution in [3.05, 3.63) is 63.6 Å². The number of hydrogen-bond donors (Lipinski definition) is 2. The highest BCUT2D eigenvalue weighted by Crippen LogP contribution is 2.23. The fourth-order valence-corrected chi connectivity index (χ4v) is 2.63. The first-order valence-corrected chi connectivity index (χ1v) is 7.70. The Morgan fingerprint density at radius 1 is 1.24 bits per heavy atom. The van der Waals surface area contributed by atoms with Crippen molar-refractivity contribution < 1.29 is 19.1 Å². The second-order valence-corrected chi connectivity index (χ2v) is 5.78. The van der Waals surface area contributed by atoms with E-state index in [-0.39, 0.29) is 16.7 Å². The number of carboxylic acids is 1. The average Bonchev–Trinajstić information content (AvgIpc) is 2.90. The van der Waals surface area contributed by atoms with Crippen LogP contribution in [-0.2, 0) is 4.79 Å². The number of benzene rings is 2. The average molecular weight is 361 g/mol. The van der Waals surface area contributed by atoms with E-state index in [4.69, 9.17) is 21.1 Å². The molecule has 0 aliphatic carbocycles. The molecule has 128 valence electrons. The number of rotatable bonds is 4. The Bertz CT molecular complexity index is 1040. The van der Waals surface area contributed by atoms with Gasteiger partial charge in [-0.2, -0.15) is 0 Å². The molecule has 2 aromatic carbocycles. The topological polar surface area (TPSA) is 102 Å². The van der Waals surface area contributed by atoms with Crippen molar-refractivity contribution in [2.24, 2.45) is 0 Å². The number of nitrogens with one attached hydrogen (secondary N) is 1. The molecule has 25 heavy (non-hydrogen) atoms. The Balaban J connectivity index is 2.00. The third-order valence-corrected chi connectivity index (χ3v) is 4.09. The summed E-state index contributed by atoms with van der Waals surface area (Å²) >= 11 is 6.01. The number of halogens is 1. The molecule has 0 spiro atoms. The van der Waals surface area contributed by atoms with Crippen molar-refractivity contribution >= 4 is 40.3 Å². The Kier molecular flexibility index (Phi) is 4.33. The molecular weight excluding hydrogens is 348 g/mol. The zero-order valence-corrected chi connectivity index (χ0v) is 13.8. The minimum absolute atomic E-state index is 0.0132. The highest BCUT2D eigenvalue weighted by molar-refractivity contribution is 6.33. The van der Waals surface area contributed by atoms with E-state index in [0.29, 0.717) is 10.7 Å². The Hall–Kier alpha value is -3.06. The second-order valence-electron chi connectivity index (χ2n) is 5.37. The second kappa shape index (κ2) is 6.45. The number of hydrogen-bond acceptors (Lipinski definition) is 4. The first-order valence-electron chi connectivity index (χ1n) is 7.32. The van der Waals surface area contributed by atoms with E-state index >= 15 is 0 Å². The van der Waals surface area contributed by atoms with Crippen LogP contribution < -0.4 is 11.1 Å². The highest BCUT2D eigenvalue weighted by atomic mass is 35.5. The Morgan fingerprint density at radius 3 is 2.64 bits per heavy atom. The van der Waals surface area contributed by atoms with Crippen LogP contribution in [0.15, 0.2) is 51.7 Å². The van der Waals surface area contributed by atoms with E-state index in [1.807, 2.05) is 0 Å². The van der Waals surface area contributed by atoms with Crippen molar-refractivity contribution in [2.75, 3.05) is 5.32 Å². The van der Waals surface area contributed by atoms with Gasteiger partial charge in [0.2, 0.25) is 5.91 Å². The number of carboxylic acid groups (broad SMARTS) is 1. The van der Waals surface area contributed by atoms with Gasteiger partial charge < -0.3 is 14.8 Å². The third kappa shape index (κ3) is 3.14. The number of anilines is 1. The maximum absolute atomic E-state index is 12.5. The molecule has 2 N–H and O–H groups in total. The maximum Gasteiger partial charge on any atom is 0.420 e. The summed E-state index contributed by atoms with van der Waals surface area (Å²) in [5.41, 5.74) is 0.827. The summed E-state index contributed by atoms with van der Waals surface area (Å²) in [7, 11) is 0. The number of aromatic nitrogens is 1. The van der Waals surface area contributed by atoms with Gasteiger partial charge in [0.25, 0.3) is 0 Å². The van der Waals surface area contributed by atoms with Crippen LogP contribution >= 0.6 is 11.6 Å². The van der Waals surface area contributed by atoms with Crippen molar-refractivity contribution in [1.29, 1.82) is 0 Å². The molecule has 3 aromatic rings. The van der Waals surface area contributed by atoms with Crippen molar-refractivity contribution in [3.8, 4) is 0 Å². The molecule has 7 nitrogen and oxygen atoms in total. The van der Waals surface area contributed by atoms with Crippen LogP contribution in [0, 0.1) is 0 Å². The monoisotopic (exact) mass is 360 g/mol. The largest absolute Gasteiger partial charge is 0.478 e. The molecule has 0 saturated carbocycles. The van der Waals surface area contributed by atoms with E-state index in [0.717, 1.165) is 4.57 Å². The number of fused-ring (bicyclic) bond motifs is 1. The number of para-hydroxylation sites is 1. The van der Waals surface area contributed by atoms with Gasteiger partial charge in [0.05, 0.1) is 21.8 Å². The molecule has 0 bridgehead atoms. The van der Waals surface area contributed by atoms with Gasteiger partial charge in [0.1, 0.15) is 6.04 Å². The van der Waals surface area contributed by atoms with Gasteiger partial charge in [-0.3, -0.25) is 9.36 Å². The van der Waals surface area contributed by atoms with E-state index in [1.54, 1.807) is 24.3 Å². The molecule has 0 saturated heterocycles. The molecule has 1 aromatic heterocycles. The van der Waals surface area contributed by atoms with Gasteiger partial charge in [0, 0.05) is 0 Å². The molecule has 1 unspecified atom stereocenters. The van der Waals surface area contributed by atoms with E-state index in [2.05, 4.69) is 5.32 Å². The highest BCUT2D eigenvalue weighted by Gasteiger charge is 2.22. The number of carbonyl (C=O) groups excluding carboxylic acids is 1.